The Kier molecular flexibility index (Phi) is 6.92. The Bertz CT molecular complexity index is 2120. The fourth-order valence-electron chi connectivity index (χ4n) is 6.89. The van der Waals surface area contributed by atoms with Crippen LogP contribution >= 0.6 is 24.8 Å². The maximum atomic E-state index is 13.8. The minimum absolute atomic E-state index is 0. The van der Waals surface area contributed by atoms with E-state index >= 15 is 0 Å². The maximum absolute atomic E-state index is 13.8. The molecule has 0 saturated heterocycles. The highest BCUT2D eigenvalue weighted by atomic mass is 35.5. The molecule has 1 unspecified atom stereocenters. The van der Waals surface area contributed by atoms with Gasteiger partial charge in [-0.3, -0.25) is 24.7 Å². The number of nitrogens with zero attached hydrogens (tertiary/aromatic N) is 3. The summed E-state index contributed by atoms with van der Waals surface area (Å²) in [5.41, 5.74) is 12.7. The maximum Gasteiger partial charge on any atom is 0.259 e. The van der Waals surface area contributed by atoms with Crippen LogP contribution < -0.4 is 11.1 Å². The molecule has 43 heavy (non-hydrogen) atoms. The number of H-pyrrole nitrogens is 1. The molecule has 5 heterocycles. The number of aromatic nitrogens is 3. The van der Waals surface area contributed by atoms with Gasteiger partial charge in [0.15, 0.2) is 0 Å². The fourth-order valence-corrected chi connectivity index (χ4v) is 6.89. The number of halogens is 2. The first kappa shape index (κ1) is 28.7. The Hall–Kier alpha value is -4.44. The van der Waals surface area contributed by atoms with Gasteiger partial charge in [0.05, 0.1) is 33.7 Å². The summed E-state index contributed by atoms with van der Waals surface area (Å²) in [5.74, 6) is -0.872. The van der Waals surface area contributed by atoms with Gasteiger partial charge in [0.1, 0.15) is 0 Å². The van der Waals surface area contributed by atoms with E-state index in [0.717, 1.165) is 54.7 Å². The van der Waals surface area contributed by atoms with Crippen LogP contribution in [0.15, 0.2) is 67.0 Å². The van der Waals surface area contributed by atoms with Crippen molar-refractivity contribution in [3.63, 3.8) is 0 Å². The highest BCUT2D eigenvalue weighted by Crippen LogP contribution is 2.45. The zero-order chi connectivity index (χ0) is 28.0. The molecule has 0 bridgehead atoms. The molecule has 0 fully saturated rings. The van der Waals surface area contributed by atoms with Gasteiger partial charge in [0.25, 0.3) is 11.8 Å². The molecule has 2 atom stereocenters. The van der Waals surface area contributed by atoms with Gasteiger partial charge in [0, 0.05) is 58.6 Å². The van der Waals surface area contributed by atoms with E-state index in [1.165, 1.54) is 0 Å². The number of aromatic amines is 1. The average Bonchev–Trinajstić information content (AvgIpc) is 3.57. The molecule has 0 radical (unpaired) electrons. The molecule has 11 heteroatoms. The van der Waals surface area contributed by atoms with E-state index in [1.807, 2.05) is 66.4 Å². The van der Waals surface area contributed by atoms with Crippen LogP contribution in [0, 0.1) is 0 Å². The first-order valence-corrected chi connectivity index (χ1v) is 13.7. The van der Waals surface area contributed by atoms with Crippen molar-refractivity contribution < 1.29 is 14.4 Å². The lowest BCUT2D eigenvalue weighted by Crippen LogP contribution is -2.48. The number of carbonyl (C=O) groups is 3. The van der Waals surface area contributed by atoms with E-state index in [2.05, 4.69) is 19.9 Å². The van der Waals surface area contributed by atoms with Crippen molar-refractivity contribution in [2.45, 2.75) is 38.5 Å². The van der Waals surface area contributed by atoms with Gasteiger partial charge >= 0.3 is 0 Å². The van der Waals surface area contributed by atoms with Crippen molar-refractivity contribution in [2.75, 3.05) is 0 Å². The standard InChI is InChI=1S/C32H26N6O3.2ClH/c1-16-14-38-28-18(15-37(16)32(41)21(33)12-17-6-5-11-34-13-17)7-4-9-20(28)24-26-25(30(39)36-31(26)40)23-19-8-2-3-10-22(19)35-27(23)29(24)38;;/h2-11,13,16,21,35H,12,14-15,33H2,1H3,(H,36,39,40);2*1H/t16?,21-;;/m0../s1. The predicted octanol–water partition coefficient (Wildman–Crippen LogP) is 4.85. The van der Waals surface area contributed by atoms with E-state index < -0.39 is 6.04 Å². The zero-order valence-corrected chi connectivity index (χ0v) is 24.7. The Balaban J connectivity index is 0.00000165. The van der Waals surface area contributed by atoms with Gasteiger partial charge in [-0.1, -0.05) is 42.5 Å². The summed E-state index contributed by atoms with van der Waals surface area (Å²) < 4.78 is 2.22. The summed E-state index contributed by atoms with van der Waals surface area (Å²) in [6.07, 6.45) is 3.84. The normalized spacial score (nSPS) is 16.6. The van der Waals surface area contributed by atoms with E-state index in [4.69, 9.17) is 5.73 Å². The second-order valence-corrected chi connectivity index (χ2v) is 11.1. The van der Waals surface area contributed by atoms with Crippen LogP contribution in [0.5, 0.6) is 0 Å². The summed E-state index contributed by atoms with van der Waals surface area (Å²) >= 11 is 0. The number of nitrogens with two attached hydrogens (primary N) is 1. The summed E-state index contributed by atoms with van der Waals surface area (Å²) in [4.78, 5) is 49.8. The summed E-state index contributed by atoms with van der Waals surface area (Å²) in [6, 6.07) is 16.7. The van der Waals surface area contributed by atoms with E-state index in [-0.39, 0.29) is 48.6 Å². The van der Waals surface area contributed by atoms with Crippen molar-refractivity contribution in [3.05, 3.63) is 89.2 Å². The molecule has 3 aromatic carbocycles. The number of hydrogen-bond donors (Lipinski definition) is 3. The van der Waals surface area contributed by atoms with Crippen LogP contribution in [0.1, 0.15) is 38.8 Å². The topological polar surface area (TPSA) is 126 Å². The van der Waals surface area contributed by atoms with Crippen LogP contribution in [0.25, 0.3) is 43.6 Å². The molecule has 9 nitrogen and oxygen atoms in total. The molecule has 8 rings (SSSR count). The molecule has 6 aromatic rings. The zero-order valence-electron chi connectivity index (χ0n) is 23.1. The lowest BCUT2D eigenvalue weighted by molar-refractivity contribution is -0.135. The third-order valence-electron chi connectivity index (χ3n) is 8.64. The second-order valence-electron chi connectivity index (χ2n) is 11.1. The van der Waals surface area contributed by atoms with Crippen molar-refractivity contribution in [2.24, 2.45) is 5.73 Å². The van der Waals surface area contributed by atoms with Gasteiger partial charge in [-0.15, -0.1) is 24.8 Å². The first-order valence-electron chi connectivity index (χ1n) is 13.7. The van der Waals surface area contributed by atoms with Crippen LogP contribution in [-0.2, 0) is 24.3 Å². The molecular formula is C32H28Cl2N6O3. The van der Waals surface area contributed by atoms with Crippen molar-refractivity contribution in [3.8, 4) is 0 Å². The van der Waals surface area contributed by atoms with Gasteiger partial charge in [-0.05, 0) is 36.6 Å². The number of imide groups is 1. The number of pyridine rings is 1. The fraction of sp³-hybridized carbons (Fsp3) is 0.188. The first-order chi connectivity index (χ1) is 19.9. The lowest BCUT2D eigenvalue weighted by atomic mass is 9.96. The highest BCUT2D eigenvalue weighted by molar-refractivity contribution is 6.39. The average molecular weight is 616 g/mol. The molecular weight excluding hydrogens is 587 g/mol. The van der Waals surface area contributed by atoms with Crippen LogP contribution in [0.3, 0.4) is 0 Å². The third-order valence-corrected chi connectivity index (χ3v) is 8.64. The number of fused-ring (bicyclic) bond motifs is 10. The Labute approximate surface area is 258 Å². The highest BCUT2D eigenvalue weighted by Gasteiger charge is 2.37. The number of para-hydroxylation sites is 2. The van der Waals surface area contributed by atoms with Gasteiger partial charge in [-0.25, -0.2) is 0 Å². The molecule has 3 aromatic heterocycles. The van der Waals surface area contributed by atoms with E-state index in [1.54, 1.807) is 12.4 Å². The summed E-state index contributed by atoms with van der Waals surface area (Å²) in [6.45, 7) is 2.92. The second kappa shape index (κ2) is 10.4. The number of rotatable bonds is 3. The molecule has 0 aliphatic carbocycles. The van der Waals surface area contributed by atoms with Crippen LogP contribution in [-0.4, -0.2) is 49.2 Å². The third kappa shape index (κ3) is 4.03. The van der Waals surface area contributed by atoms with Crippen LogP contribution in [0.4, 0.5) is 0 Å². The minimum Gasteiger partial charge on any atom is -0.353 e. The molecule has 0 saturated carbocycles. The monoisotopic (exact) mass is 614 g/mol. The molecule has 2 aliphatic rings. The largest absolute Gasteiger partial charge is 0.353 e. The van der Waals surface area contributed by atoms with Crippen molar-refractivity contribution in [1.82, 2.24) is 24.8 Å². The SMILES string of the molecule is CC1Cn2c3c(cccc3c3c4c(c5c6ccccc6[nH]c5c32)C(=O)NC4=O)CN1C(=O)[C@@H](N)Cc1cccnc1.Cl.Cl. The molecule has 0 spiro atoms. The number of carbonyl (C=O) groups excluding carboxylic acids is 3. The Morgan fingerprint density at radius 1 is 0.977 bits per heavy atom. The van der Waals surface area contributed by atoms with Gasteiger partial charge < -0.3 is 20.2 Å². The number of hydrogen-bond acceptors (Lipinski definition) is 5. The van der Waals surface area contributed by atoms with Crippen molar-refractivity contribution in [1.29, 1.82) is 0 Å². The van der Waals surface area contributed by atoms with E-state index in [9.17, 15) is 14.4 Å². The number of nitrogens with one attached hydrogen (secondary N) is 2. The molecule has 3 amide bonds. The molecule has 218 valence electrons. The minimum atomic E-state index is -0.701. The van der Waals surface area contributed by atoms with Crippen LogP contribution in [0.2, 0.25) is 0 Å². The molecule has 2 aliphatic heterocycles. The Morgan fingerprint density at radius 2 is 1.72 bits per heavy atom. The van der Waals surface area contributed by atoms with Gasteiger partial charge in [-0.2, -0.15) is 0 Å². The predicted molar refractivity (Wildman–Crippen MR) is 171 cm³/mol. The number of amides is 3. The lowest BCUT2D eigenvalue weighted by Gasteiger charge is -2.30. The smallest absolute Gasteiger partial charge is 0.259 e. The van der Waals surface area contributed by atoms with E-state index in [0.29, 0.717) is 30.6 Å². The quantitative estimate of drug-likeness (QED) is 0.246. The summed E-state index contributed by atoms with van der Waals surface area (Å²) in [7, 11) is 0. The van der Waals surface area contributed by atoms with Crippen molar-refractivity contribution >= 4 is 86.1 Å². The number of benzene rings is 3. The summed E-state index contributed by atoms with van der Waals surface area (Å²) in [5, 5.41) is 5.84. The Morgan fingerprint density at radius 3 is 2.49 bits per heavy atom. The molecule has 4 N–H and O–H groups in total. The van der Waals surface area contributed by atoms with Gasteiger partial charge in [0.2, 0.25) is 5.91 Å².